The number of hydrogen-bond donors (Lipinski definition) is 2. The third-order valence-corrected chi connectivity index (χ3v) is 3.38. The van der Waals surface area contributed by atoms with E-state index in [1.54, 1.807) is 6.07 Å². The van der Waals surface area contributed by atoms with Gasteiger partial charge in [-0.15, -0.1) is 0 Å². The molecule has 2 amide bonds. The van der Waals surface area contributed by atoms with E-state index in [9.17, 15) is 9.18 Å². The fourth-order valence-electron chi connectivity index (χ4n) is 2.14. The van der Waals surface area contributed by atoms with Crippen molar-refractivity contribution in [1.82, 2.24) is 15.5 Å². The number of benzene rings is 1. The Morgan fingerprint density at radius 2 is 2.05 bits per heavy atom. The molecule has 0 spiro atoms. The van der Waals surface area contributed by atoms with Crippen molar-refractivity contribution in [3.63, 3.8) is 0 Å². The van der Waals surface area contributed by atoms with Crippen molar-refractivity contribution in [3.05, 3.63) is 35.6 Å². The summed E-state index contributed by atoms with van der Waals surface area (Å²) in [5.41, 5.74) is 0.853. The molecule has 0 heterocycles. The van der Waals surface area contributed by atoms with Gasteiger partial charge >= 0.3 is 6.03 Å². The van der Waals surface area contributed by atoms with Crippen LogP contribution in [-0.4, -0.2) is 38.1 Å². The highest BCUT2D eigenvalue weighted by atomic mass is 19.1. The molecular weight excluding hydrogens is 269 g/mol. The summed E-state index contributed by atoms with van der Waals surface area (Å²) in [7, 11) is 3.83. The third-order valence-electron chi connectivity index (χ3n) is 3.38. The number of nitrogens with one attached hydrogen (secondary N) is 2. The number of amides is 2. The zero-order chi connectivity index (χ0) is 15.7. The maximum absolute atomic E-state index is 13.3. The van der Waals surface area contributed by atoms with Gasteiger partial charge < -0.3 is 15.5 Å². The van der Waals surface area contributed by atoms with Crippen LogP contribution in [0.15, 0.2) is 24.3 Å². The predicted octanol–water partition coefficient (Wildman–Crippen LogP) is 2.92. The van der Waals surface area contributed by atoms with Crippen LogP contribution >= 0.6 is 0 Å². The van der Waals surface area contributed by atoms with Crippen molar-refractivity contribution < 1.29 is 9.18 Å². The molecule has 4 nitrogen and oxygen atoms in total. The topological polar surface area (TPSA) is 44.4 Å². The maximum Gasteiger partial charge on any atom is 0.314 e. The number of rotatable bonds is 8. The fraction of sp³-hybridized carbons (Fsp3) is 0.562. The van der Waals surface area contributed by atoms with Crippen LogP contribution in [0.4, 0.5) is 9.18 Å². The van der Waals surface area contributed by atoms with Gasteiger partial charge in [0.2, 0.25) is 0 Å². The third kappa shape index (κ3) is 6.58. The molecule has 1 aromatic rings. The SMILES string of the molecule is CCCCCNC(=O)NC[C@H](c1cccc(F)c1)N(C)C. The lowest BCUT2D eigenvalue weighted by atomic mass is 10.1. The summed E-state index contributed by atoms with van der Waals surface area (Å²) in [6, 6.07) is 6.26. The lowest BCUT2D eigenvalue weighted by molar-refractivity contribution is 0.232. The Morgan fingerprint density at radius 1 is 1.29 bits per heavy atom. The molecule has 0 aromatic heterocycles. The van der Waals surface area contributed by atoms with Crippen molar-refractivity contribution in [2.75, 3.05) is 27.2 Å². The standard InChI is InChI=1S/C16H26FN3O/c1-4-5-6-10-18-16(21)19-12-15(20(2)3)13-8-7-9-14(17)11-13/h7-9,11,15H,4-6,10,12H2,1-3H3,(H2,18,19,21)/t15-/m1/s1. The summed E-state index contributed by atoms with van der Waals surface area (Å²) in [6.45, 7) is 3.25. The van der Waals surface area contributed by atoms with Gasteiger partial charge in [-0.3, -0.25) is 0 Å². The highest BCUT2D eigenvalue weighted by Gasteiger charge is 2.15. The normalized spacial score (nSPS) is 12.2. The molecule has 5 heteroatoms. The Labute approximate surface area is 126 Å². The summed E-state index contributed by atoms with van der Waals surface area (Å²) in [4.78, 5) is 13.7. The number of urea groups is 1. The number of carbonyl (C=O) groups excluding carboxylic acids is 1. The van der Waals surface area contributed by atoms with Crippen molar-refractivity contribution in [2.45, 2.75) is 32.2 Å². The molecule has 0 saturated heterocycles. The molecule has 0 bridgehead atoms. The van der Waals surface area contributed by atoms with Crippen LogP contribution in [-0.2, 0) is 0 Å². The molecule has 2 N–H and O–H groups in total. The Balaban J connectivity index is 2.47. The second-order valence-electron chi connectivity index (χ2n) is 5.38. The maximum atomic E-state index is 13.3. The summed E-state index contributed by atoms with van der Waals surface area (Å²) >= 11 is 0. The molecule has 1 aromatic carbocycles. The van der Waals surface area contributed by atoms with E-state index in [4.69, 9.17) is 0 Å². The van der Waals surface area contributed by atoms with Gasteiger partial charge in [0.15, 0.2) is 0 Å². The van der Waals surface area contributed by atoms with Crippen molar-refractivity contribution in [3.8, 4) is 0 Å². The van der Waals surface area contributed by atoms with Crippen molar-refractivity contribution >= 4 is 6.03 Å². The van der Waals surface area contributed by atoms with E-state index < -0.39 is 0 Å². The zero-order valence-corrected chi connectivity index (χ0v) is 13.2. The number of unbranched alkanes of at least 4 members (excludes halogenated alkanes) is 2. The van der Waals surface area contributed by atoms with Gasteiger partial charge in [-0.05, 0) is 38.2 Å². The number of halogens is 1. The summed E-state index contributed by atoms with van der Waals surface area (Å²) in [5, 5.41) is 5.68. The molecule has 0 unspecified atom stereocenters. The molecule has 0 aliphatic heterocycles. The molecule has 1 rings (SSSR count). The first-order valence-corrected chi connectivity index (χ1v) is 7.48. The van der Waals surface area contributed by atoms with Crippen LogP contribution in [0.25, 0.3) is 0 Å². The van der Waals surface area contributed by atoms with E-state index in [0.29, 0.717) is 13.1 Å². The zero-order valence-electron chi connectivity index (χ0n) is 13.2. The summed E-state index contributed by atoms with van der Waals surface area (Å²) < 4.78 is 13.3. The quantitative estimate of drug-likeness (QED) is 0.724. The average Bonchev–Trinajstić information content (AvgIpc) is 2.43. The first-order valence-electron chi connectivity index (χ1n) is 7.48. The average molecular weight is 295 g/mol. The molecule has 0 aliphatic carbocycles. The molecular formula is C16H26FN3O. The second-order valence-corrected chi connectivity index (χ2v) is 5.38. The lowest BCUT2D eigenvalue weighted by Crippen LogP contribution is -2.40. The van der Waals surface area contributed by atoms with Crippen LogP contribution < -0.4 is 10.6 Å². The Kier molecular flexibility index (Phi) is 7.75. The first kappa shape index (κ1) is 17.4. The van der Waals surface area contributed by atoms with E-state index in [0.717, 1.165) is 24.8 Å². The molecule has 118 valence electrons. The van der Waals surface area contributed by atoms with Crippen molar-refractivity contribution in [1.29, 1.82) is 0 Å². The van der Waals surface area contributed by atoms with Crippen LogP contribution in [0, 0.1) is 5.82 Å². The van der Waals surface area contributed by atoms with Crippen LogP contribution in [0.5, 0.6) is 0 Å². The first-order chi connectivity index (χ1) is 10.0. The van der Waals surface area contributed by atoms with Gasteiger partial charge in [0.05, 0.1) is 6.04 Å². The van der Waals surface area contributed by atoms with E-state index >= 15 is 0 Å². The van der Waals surface area contributed by atoms with Gasteiger partial charge in [0, 0.05) is 13.1 Å². The van der Waals surface area contributed by atoms with Gasteiger partial charge in [-0.25, -0.2) is 9.18 Å². The van der Waals surface area contributed by atoms with Crippen LogP contribution in [0.1, 0.15) is 37.8 Å². The minimum atomic E-state index is -0.261. The molecule has 0 radical (unpaired) electrons. The minimum absolute atomic E-state index is 0.0536. The Hall–Kier alpha value is -1.62. The number of nitrogens with zero attached hydrogens (tertiary/aromatic N) is 1. The molecule has 0 fully saturated rings. The molecule has 1 atom stereocenters. The number of carbonyl (C=O) groups is 1. The lowest BCUT2D eigenvalue weighted by Gasteiger charge is -2.25. The Bertz CT molecular complexity index is 437. The van der Waals surface area contributed by atoms with Gasteiger partial charge in [0.25, 0.3) is 0 Å². The number of hydrogen-bond acceptors (Lipinski definition) is 2. The summed E-state index contributed by atoms with van der Waals surface area (Å²) in [5.74, 6) is -0.261. The van der Waals surface area contributed by atoms with Gasteiger partial charge in [-0.1, -0.05) is 31.9 Å². The monoisotopic (exact) mass is 295 g/mol. The van der Waals surface area contributed by atoms with E-state index in [1.165, 1.54) is 12.1 Å². The highest BCUT2D eigenvalue weighted by molar-refractivity contribution is 5.73. The van der Waals surface area contributed by atoms with E-state index in [-0.39, 0.29) is 17.9 Å². The van der Waals surface area contributed by atoms with Crippen LogP contribution in [0.3, 0.4) is 0 Å². The largest absolute Gasteiger partial charge is 0.338 e. The Morgan fingerprint density at radius 3 is 2.67 bits per heavy atom. The number of likely N-dealkylation sites (N-methyl/N-ethyl adjacent to an activating group) is 1. The van der Waals surface area contributed by atoms with Crippen LogP contribution in [0.2, 0.25) is 0 Å². The smallest absolute Gasteiger partial charge is 0.314 e. The van der Waals surface area contributed by atoms with Gasteiger partial charge in [0.1, 0.15) is 5.82 Å². The minimum Gasteiger partial charge on any atom is -0.338 e. The van der Waals surface area contributed by atoms with E-state index in [1.807, 2.05) is 25.1 Å². The predicted molar refractivity (Wildman–Crippen MR) is 83.8 cm³/mol. The fourth-order valence-corrected chi connectivity index (χ4v) is 2.14. The molecule has 21 heavy (non-hydrogen) atoms. The van der Waals surface area contributed by atoms with Gasteiger partial charge in [-0.2, -0.15) is 0 Å². The molecule has 0 saturated carbocycles. The second kappa shape index (κ2) is 9.34. The van der Waals surface area contributed by atoms with Crippen molar-refractivity contribution in [2.24, 2.45) is 0 Å². The summed E-state index contributed by atoms with van der Waals surface area (Å²) in [6.07, 6.45) is 3.24. The highest BCUT2D eigenvalue weighted by Crippen LogP contribution is 2.18. The molecule has 0 aliphatic rings. The van der Waals surface area contributed by atoms with E-state index in [2.05, 4.69) is 17.6 Å².